The summed E-state index contributed by atoms with van der Waals surface area (Å²) < 4.78 is 6.29. The summed E-state index contributed by atoms with van der Waals surface area (Å²) in [5.74, 6) is 2.97. The molecule has 0 aromatic heterocycles. The number of hydrogen-bond acceptors (Lipinski definition) is 1. The van der Waals surface area contributed by atoms with Crippen molar-refractivity contribution in [3.63, 3.8) is 0 Å². The van der Waals surface area contributed by atoms with Gasteiger partial charge in [0.25, 0.3) is 0 Å². The van der Waals surface area contributed by atoms with E-state index in [2.05, 4.69) is 22.9 Å². The molecule has 1 saturated heterocycles. The van der Waals surface area contributed by atoms with Gasteiger partial charge in [-0.1, -0.05) is 22.4 Å². The minimum absolute atomic E-state index is 0.131. The van der Waals surface area contributed by atoms with Crippen LogP contribution >= 0.6 is 15.9 Å². The Morgan fingerprint density at radius 1 is 1.27 bits per heavy atom. The Labute approximate surface area is 101 Å². The van der Waals surface area contributed by atoms with Crippen LogP contribution < -0.4 is 0 Å². The average molecular weight is 273 g/mol. The van der Waals surface area contributed by atoms with E-state index in [1.54, 1.807) is 0 Å². The molecular formula is C13H21BrO. The lowest BCUT2D eigenvalue weighted by Gasteiger charge is -2.30. The van der Waals surface area contributed by atoms with Gasteiger partial charge in [0.15, 0.2) is 0 Å². The van der Waals surface area contributed by atoms with Gasteiger partial charge in [-0.3, -0.25) is 0 Å². The van der Waals surface area contributed by atoms with E-state index >= 15 is 0 Å². The molecule has 0 amide bonds. The normalized spacial score (nSPS) is 54.0. The lowest BCUT2D eigenvalue weighted by atomic mass is 9.83. The molecule has 15 heavy (non-hydrogen) atoms. The second kappa shape index (κ2) is 3.73. The van der Waals surface area contributed by atoms with Crippen molar-refractivity contribution < 1.29 is 4.74 Å². The molecular weight excluding hydrogens is 252 g/mol. The lowest BCUT2D eigenvalue weighted by Crippen LogP contribution is -2.31. The Hall–Kier alpha value is 0.440. The lowest BCUT2D eigenvalue weighted by molar-refractivity contribution is -0.0478. The van der Waals surface area contributed by atoms with E-state index in [0.717, 1.165) is 23.1 Å². The van der Waals surface area contributed by atoms with Crippen molar-refractivity contribution >= 4 is 15.9 Å². The maximum atomic E-state index is 6.29. The Morgan fingerprint density at radius 2 is 2.13 bits per heavy atom. The zero-order valence-corrected chi connectivity index (χ0v) is 11.1. The van der Waals surface area contributed by atoms with E-state index < -0.39 is 0 Å². The number of fused-ring (bicyclic) bond motifs is 2. The first-order valence-corrected chi connectivity index (χ1v) is 7.56. The first-order valence-electron chi connectivity index (χ1n) is 6.44. The highest BCUT2D eigenvalue weighted by molar-refractivity contribution is 9.09. The van der Waals surface area contributed by atoms with Gasteiger partial charge < -0.3 is 4.74 Å². The van der Waals surface area contributed by atoms with Crippen molar-refractivity contribution in [1.29, 1.82) is 0 Å². The highest BCUT2D eigenvalue weighted by atomic mass is 79.9. The van der Waals surface area contributed by atoms with E-state index in [0.29, 0.717) is 6.10 Å². The summed E-state index contributed by atoms with van der Waals surface area (Å²) in [4.78, 5) is 0. The number of ether oxygens (including phenoxy) is 1. The van der Waals surface area contributed by atoms with Crippen LogP contribution in [0.2, 0.25) is 0 Å². The minimum atomic E-state index is 0.131. The smallest absolute Gasteiger partial charge is 0.0755 e. The SMILES string of the molecule is CC1(CBr)CCC(C2CC3CCC2C3)O1. The van der Waals surface area contributed by atoms with Gasteiger partial charge in [0.05, 0.1) is 11.7 Å². The third-order valence-corrected chi connectivity index (χ3v) is 6.13. The van der Waals surface area contributed by atoms with Gasteiger partial charge in [-0.25, -0.2) is 0 Å². The van der Waals surface area contributed by atoms with E-state index in [9.17, 15) is 0 Å². The number of alkyl halides is 1. The number of hydrogen-bond donors (Lipinski definition) is 0. The summed E-state index contributed by atoms with van der Waals surface area (Å²) in [7, 11) is 0. The molecule has 1 aliphatic heterocycles. The third kappa shape index (κ3) is 1.78. The van der Waals surface area contributed by atoms with E-state index in [1.807, 2.05) is 0 Å². The summed E-state index contributed by atoms with van der Waals surface area (Å²) >= 11 is 3.58. The Bertz CT molecular complexity index is 255. The predicted octanol–water partition coefficient (Wildman–Crippen LogP) is 3.76. The summed E-state index contributed by atoms with van der Waals surface area (Å²) in [5.41, 5.74) is 0.131. The largest absolute Gasteiger partial charge is 0.371 e. The molecule has 0 spiro atoms. The van der Waals surface area contributed by atoms with Crippen LogP contribution in [0.3, 0.4) is 0 Å². The molecule has 2 aliphatic carbocycles. The molecule has 2 saturated carbocycles. The standard InChI is InChI=1S/C13H21BrO/c1-13(8-14)5-4-12(15-13)11-7-9-2-3-10(11)6-9/h9-12H,2-8H2,1H3. The maximum absolute atomic E-state index is 6.29. The van der Waals surface area contributed by atoms with Gasteiger partial charge in [-0.05, 0) is 56.8 Å². The van der Waals surface area contributed by atoms with Crippen molar-refractivity contribution in [2.75, 3.05) is 5.33 Å². The fraction of sp³-hybridized carbons (Fsp3) is 1.00. The molecule has 2 bridgehead atoms. The molecule has 1 heterocycles. The van der Waals surface area contributed by atoms with E-state index in [-0.39, 0.29) is 5.60 Å². The Kier molecular flexibility index (Phi) is 2.63. The molecule has 0 radical (unpaired) electrons. The zero-order valence-electron chi connectivity index (χ0n) is 9.55. The van der Waals surface area contributed by atoms with Crippen LogP contribution in [0, 0.1) is 17.8 Å². The molecule has 5 atom stereocenters. The fourth-order valence-corrected chi connectivity index (χ4v) is 4.49. The first kappa shape index (κ1) is 10.6. The Balaban J connectivity index is 1.65. The molecule has 3 rings (SSSR count). The third-order valence-electron chi connectivity index (χ3n) is 4.95. The van der Waals surface area contributed by atoms with Gasteiger partial charge in [0, 0.05) is 5.33 Å². The monoisotopic (exact) mass is 272 g/mol. The van der Waals surface area contributed by atoms with Crippen molar-refractivity contribution in [3.8, 4) is 0 Å². The van der Waals surface area contributed by atoms with Gasteiger partial charge >= 0.3 is 0 Å². The summed E-state index contributed by atoms with van der Waals surface area (Å²) in [6.45, 7) is 2.26. The van der Waals surface area contributed by atoms with Crippen molar-refractivity contribution in [2.24, 2.45) is 17.8 Å². The van der Waals surface area contributed by atoms with Gasteiger partial charge in [-0.2, -0.15) is 0 Å². The number of rotatable bonds is 2. The van der Waals surface area contributed by atoms with Gasteiger partial charge in [0.1, 0.15) is 0 Å². The molecule has 0 aromatic carbocycles. The molecule has 3 aliphatic rings. The van der Waals surface area contributed by atoms with Crippen LogP contribution in [0.4, 0.5) is 0 Å². The minimum Gasteiger partial charge on any atom is -0.371 e. The summed E-state index contributed by atoms with van der Waals surface area (Å²) in [6.07, 6.45) is 9.10. The van der Waals surface area contributed by atoms with Crippen LogP contribution in [-0.2, 0) is 4.74 Å². The molecule has 1 nitrogen and oxygen atoms in total. The molecule has 5 unspecified atom stereocenters. The highest BCUT2D eigenvalue weighted by Gasteiger charge is 2.47. The van der Waals surface area contributed by atoms with Crippen LogP contribution in [0.25, 0.3) is 0 Å². The fourth-order valence-electron chi connectivity index (χ4n) is 4.08. The van der Waals surface area contributed by atoms with Gasteiger partial charge in [0.2, 0.25) is 0 Å². The summed E-state index contributed by atoms with van der Waals surface area (Å²) in [5, 5.41) is 0.997. The quantitative estimate of drug-likeness (QED) is 0.696. The Morgan fingerprint density at radius 3 is 2.67 bits per heavy atom. The predicted molar refractivity (Wildman–Crippen MR) is 65.2 cm³/mol. The van der Waals surface area contributed by atoms with E-state index in [1.165, 1.54) is 38.5 Å². The number of halogens is 1. The molecule has 3 fully saturated rings. The molecule has 0 aromatic rings. The zero-order chi connectivity index (χ0) is 10.5. The van der Waals surface area contributed by atoms with Crippen molar-refractivity contribution in [1.82, 2.24) is 0 Å². The second-order valence-corrected chi connectivity index (χ2v) is 6.68. The van der Waals surface area contributed by atoms with Crippen LogP contribution in [0.5, 0.6) is 0 Å². The molecule has 86 valence electrons. The summed E-state index contributed by atoms with van der Waals surface area (Å²) in [6, 6.07) is 0. The molecule has 0 N–H and O–H groups in total. The first-order chi connectivity index (χ1) is 7.20. The maximum Gasteiger partial charge on any atom is 0.0755 e. The van der Waals surface area contributed by atoms with Crippen LogP contribution in [0.15, 0.2) is 0 Å². The average Bonchev–Trinajstić information content (AvgIpc) is 2.91. The van der Waals surface area contributed by atoms with E-state index in [4.69, 9.17) is 4.74 Å². The second-order valence-electron chi connectivity index (χ2n) is 6.12. The van der Waals surface area contributed by atoms with Crippen molar-refractivity contribution in [2.45, 2.75) is 57.2 Å². The van der Waals surface area contributed by atoms with Crippen LogP contribution in [0.1, 0.15) is 45.4 Å². The van der Waals surface area contributed by atoms with Gasteiger partial charge in [-0.15, -0.1) is 0 Å². The molecule has 2 heteroatoms. The highest BCUT2D eigenvalue weighted by Crippen LogP contribution is 2.52. The van der Waals surface area contributed by atoms with Crippen molar-refractivity contribution in [3.05, 3.63) is 0 Å². The van der Waals surface area contributed by atoms with Crippen LogP contribution in [-0.4, -0.2) is 17.0 Å². The topological polar surface area (TPSA) is 9.23 Å².